The molecule has 1 rings (SSSR count). The SMILES string of the molecule is CCCOc1ccc(CC(C)CC(=O)CCC)cc1C(C)(C)C. The van der Waals surface area contributed by atoms with Crippen molar-refractivity contribution in [2.45, 2.75) is 79.1 Å². The van der Waals surface area contributed by atoms with Crippen LogP contribution in [0.2, 0.25) is 0 Å². The summed E-state index contributed by atoms with van der Waals surface area (Å²) in [7, 11) is 0. The van der Waals surface area contributed by atoms with Gasteiger partial charge in [0.2, 0.25) is 0 Å². The summed E-state index contributed by atoms with van der Waals surface area (Å²) in [5.41, 5.74) is 2.62. The zero-order valence-electron chi connectivity index (χ0n) is 15.9. The molecule has 0 amide bonds. The maximum Gasteiger partial charge on any atom is 0.133 e. The highest BCUT2D eigenvalue weighted by molar-refractivity contribution is 5.78. The normalized spacial score (nSPS) is 13.0. The minimum absolute atomic E-state index is 0.0559. The van der Waals surface area contributed by atoms with Crippen molar-refractivity contribution in [1.82, 2.24) is 0 Å². The number of ether oxygens (including phenoxy) is 1. The second-order valence-electron chi connectivity index (χ2n) is 7.73. The van der Waals surface area contributed by atoms with Crippen molar-refractivity contribution in [3.63, 3.8) is 0 Å². The van der Waals surface area contributed by atoms with Crippen LogP contribution in [0.5, 0.6) is 5.75 Å². The molecule has 2 heteroatoms. The maximum absolute atomic E-state index is 11.8. The number of carbonyl (C=O) groups excluding carboxylic acids is 1. The number of hydrogen-bond acceptors (Lipinski definition) is 2. The lowest BCUT2D eigenvalue weighted by Crippen LogP contribution is -2.15. The Kier molecular flexibility index (Phi) is 7.81. The molecule has 0 bridgehead atoms. The van der Waals surface area contributed by atoms with E-state index in [-0.39, 0.29) is 5.41 Å². The number of benzene rings is 1. The first-order valence-corrected chi connectivity index (χ1v) is 9.05. The van der Waals surface area contributed by atoms with Crippen LogP contribution in [0.4, 0.5) is 0 Å². The van der Waals surface area contributed by atoms with Crippen molar-refractivity contribution in [3.8, 4) is 5.75 Å². The molecule has 0 spiro atoms. The van der Waals surface area contributed by atoms with Crippen molar-refractivity contribution >= 4 is 5.78 Å². The van der Waals surface area contributed by atoms with Crippen LogP contribution in [-0.4, -0.2) is 12.4 Å². The van der Waals surface area contributed by atoms with Gasteiger partial charge >= 0.3 is 0 Å². The number of rotatable bonds is 9. The highest BCUT2D eigenvalue weighted by Crippen LogP contribution is 2.33. The standard InChI is InChI=1S/C21H34O2/c1-7-9-18(22)14-16(3)13-17-10-11-20(23-12-8-2)19(15-17)21(4,5)6/h10-11,15-16H,7-9,12-14H2,1-6H3. The van der Waals surface area contributed by atoms with Gasteiger partial charge in [-0.2, -0.15) is 0 Å². The van der Waals surface area contributed by atoms with E-state index in [0.29, 0.717) is 24.5 Å². The van der Waals surface area contributed by atoms with Crippen molar-refractivity contribution < 1.29 is 9.53 Å². The minimum atomic E-state index is 0.0559. The summed E-state index contributed by atoms with van der Waals surface area (Å²) in [5, 5.41) is 0. The summed E-state index contributed by atoms with van der Waals surface area (Å²) in [5.74, 6) is 1.78. The van der Waals surface area contributed by atoms with Crippen molar-refractivity contribution in [2.24, 2.45) is 5.92 Å². The number of Topliss-reactive ketones (excluding diaryl/α,β-unsaturated/α-hetero) is 1. The van der Waals surface area contributed by atoms with Gasteiger partial charge < -0.3 is 4.74 Å². The molecule has 0 radical (unpaired) electrons. The molecule has 130 valence electrons. The van der Waals surface area contributed by atoms with E-state index in [1.165, 1.54) is 11.1 Å². The first-order valence-electron chi connectivity index (χ1n) is 9.05. The number of carbonyl (C=O) groups is 1. The van der Waals surface area contributed by atoms with Crippen LogP contribution in [0.15, 0.2) is 18.2 Å². The Hall–Kier alpha value is -1.31. The molecule has 0 fully saturated rings. The molecule has 0 aliphatic heterocycles. The number of ketones is 1. The second kappa shape index (κ2) is 9.10. The molecule has 1 aromatic rings. The van der Waals surface area contributed by atoms with Crippen LogP contribution >= 0.6 is 0 Å². The predicted octanol–water partition coefficient (Wildman–Crippen LogP) is 5.71. The Morgan fingerprint density at radius 1 is 1.17 bits per heavy atom. The van der Waals surface area contributed by atoms with E-state index < -0.39 is 0 Å². The fraction of sp³-hybridized carbons (Fsp3) is 0.667. The lowest BCUT2D eigenvalue weighted by atomic mass is 9.84. The molecule has 0 aromatic heterocycles. The van der Waals surface area contributed by atoms with Crippen molar-refractivity contribution in [2.75, 3.05) is 6.61 Å². The molecule has 1 aromatic carbocycles. The summed E-state index contributed by atoms with van der Waals surface area (Å²) in [4.78, 5) is 11.8. The van der Waals surface area contributed by atoms with Crippen molar-refractivity contribution in [3.05, 3.63) is 29.3 Å². The highest BCUT2D eigenvalue weighted by Gasteiger charge is 2.20. The maximum atomic E-state index is 11.8. The van der Waals surface area contributed by atoms with Gasteiger partial charge in [-0.15, -0.1) is 0 Å². The Morgan fingerprint density at radius 3 is 2.43 bits per heavy atom. The zero-order chi connectivity index (χ0) is 17.5. The summed E-state index contributed by atoms with van der Waals surface area (Å²) in [6, 6.07) is 6.53. The summed E-state index contributed by atoms with van der Waals surface area (Å²) in [6.07, 6.45) is 4.31. The molecule has 2 nitrogen and oxygen atoms in total. The van der Waals surface area contributed by atoms with Gasteiger partial charge in [-0.05, 0) is 47.8 Å². The van der Waals surface area contributed by atoms with Crippen LogP contribution in [0.3, 0.4) is 0 Å². The van der Waals surface area contributed by atoms with Gasteiger partial charge in [-0.3, -0.25) is 4.79 Å². The molecular formula is C21H34O2. The first kappa shape index (κ1) is 19.7. The summed E-state index contributed by atoms with van der Waals surface area (Å²) >= 11 is 0. The van der Waals surface area contributed by atoms with E-state index in [1.54, 1.807) is 0 Å². The second-order valence-corrected chi connectivity index (χ2v) is 7.73. The lowest BCUT2D eigenvalue weighted by Gasteiger charge is -2.24. The molecule has 0 aliphatic carbocycles. The van der Waals surface area contributed by atoms with E-state index >= 15 is 0 Å². The Labute approximate surface area is 142 Å². The smallest absolute Gasteiger partial charge is 0.133 e. The average molecular weight is 319 g/mol. The van der Waals surface area contributed by atoms with Gasteiger partial charge in [-0.25, -0.2) is 0 Å². The third kappa shape index (κ3) is 6.76. The van der Waals surface area contributed by atoms with Crippen LogP contribution in [0.1, 0.15) is 78.4 Å². The summed E-state index contributed by atoms with van der Waals surface area (Å²) in [6.45, 7) is 13.8. The molecule has 0 aliphatic rings. The average Bonchev–Trinajstić information content (AvgIpc) is 2.44. The Balaban J connectivity index is 2.86. The van der Waals surface area contributed by atoms with Gasteiger partial charge in [0.1, 0.15) is 11.5 Å². The fourth-order valence-electron chi connectivity index (χ4n) is 2.87. The largest absolute Gasteiger partial charge is 0.493 e. The monoisotopic (exact) mass is 318 g/mol. The first-order chi connectivity index (χ1) is 10.8. The Morgan fingerprint density at radius 2 is 1.87 bits per heavy atom. The quantitative estimate of drug-likeness (QED) is 0.583. The summed E-state index contributed by atoms with van der Waals surface area (Å²) < 4.78 is 5.92. The molecule has 0 heterocycles. The van der Waals surface area contributed by atoms with E-state index in [4.69, 9.17) is 4.74 Å². The molecule has 0 N–H and O–H groups in total. The van der Waals surface area contributed by atoms with Gasteiger partial charge in [0.05, 0.1) is 6.61 Å². The van der Waals surface area contributed by atoms with Gasteiger partial charge in [0.15, 0.2) is 0 Å². The van der Waals surface area contributed by atoms with E-state index in [2.05, 4.69) is 59.7 Å². The van der Waals surface area contributed by atoms with Gasteiger partial charge in [0.25, 0.3) is 0 Å². The van der Waals surface area contributed by atoms with Crippen LogP contribution in [0.25, 0.3) is 0 Å². The highest BCUT2D eigenvalue weighted by atomic mass is 16.5. The van der Waals surface area contributed by atoms with E-state index in [1.807, 2.05) is 0 Å². The predicted molar refractivity (Wildman–Crippen MR) is 98.3 cm³/mol. The lowest BCUT2D eigenvalue weighted by molar-refractivity contribution is -0.119. The van der Waals surface area contributed by atoms with Crippen LogP contribution in [-0.2, 0) is 16.6 Å². The van der Waals surface area contributed by atoms with E-state index in [9.17, 15) is 4.79 Å². The molecule has 23 heavy (non-hydrogen) atoms. The minimum Gasteiger partial charge on any atom is -0.493 e. The van der Waals surface area contributed by atoms with Gasteiger partial charge in [-0.1, -0.05) is 53.7 Å². The third-order valence-corrected chi connectivity index (χ3v) is 4.00. The van der Waals surface area contributed by atoms with Crippen molar-refractivity contribution in [1.29, 1.82) is 0 Å². The van der Waals surface area contributed by atoms with Crippen LogP contribution < -0.4 is 4.74 Å². The molecule has 1 unspecified atom stereocenters. The van der Waals surface area contributed by atoms with Gasteiger partial charge in [0, 0.05) is 12.8 Å². The molecular weight excluding hydrogens is 284 g/mol. The van der Waals surface area contributed by atoms with E-state index in [0.717, 1.165) is 31.6 Å². The van der Waals surface area contributed by atoms with Crippen LogP contribution in [0, 0.1) is 5.92 Å². The molecule has 1 atom stereocenters. The molecule has 0 saturated carbocycles. The Bertz CT molecular complexity index is 497. The third-order valence-electron chi connectivity index (χ3n) is 4.00. The fourth-order valence-corrected chi connectivity index (χ4v) is 2.87. The number of hydrogen-bond donors (Lipinski definition) is 0. The molecule has 0 saturated heterocycles. The zero-order valence-corrected chi connectivity index (χ0v) is 15.9. The topological polar surface area (TPSA) is 26.3 Å².